The SMILES string of the molecule is [CH3][Ge]([CH3])([CH3])[c]1ccc(N(c2ccccc2)c2c3ccccc3c(N(c3ccccc3)c3cc[c]([Ge]([CH3])([CH3])[CH3])cc3)c3ccccc23)cc1. The van der Waals surface area contributed by atoms with Crippen LogP contribution in [-0.4, -0.2) is 26.5 Å². The van der Waals surface area contributed by atoms with Crippen molar-refractivity contribution in [2.75, 3.05) is 9.80 Å². The zero-order valence-corrected chi connectivity index (χ0v) is 33.1. The molecule has 0 saturated carbocycles. The minimum absolute atomic E-state index is 1.15. The summed E-state index contributed by atoms with van der Waals surface area (Å²) in [5.74, 6) is 14.8. The molecule has 0 radical (unpaired) electrons. The number of hydrogen-bond donors (Lipinski definition) is 0. The van der Waals surface area contributed by atoms with Crippen molar-refractivity contribution in [2.45, 2.75) is 34.5 Å². The van der Waals surface area contributed by atoms with Crippen molar-refractivity contribution in [1.82, 2.24) is 0 Å². The van der Waals surface area contributed by atoms with Gasteiger partial charge in [-0.15, -0.1) is 0 Å². The molecule has 0 aliphatic heterocycles. The normalized spacial score (nSPS) is 12.0. The Labute approximate surface area is 291 Å². The van der Waals surface area contributed by atoms with Crippen LogP contribution >= 0.6 is 0 Å². The molecule has 7 aromatic rings. The van der Waals surface area contributed by atoms with Gasteiger partial charge in [0.1, 0.15) is 0 Å². The quantitative estimate of drug-likeness (QED) is 0.0868. The first-order chi connectivity index (χ1) is 23.1. The average Bonchev–Trinajstić information content (AvgIpc) is 3.10. The second-order valence-corrected chi connectivity index (χ2v) is 36.0. The summed E-state index contributed by atoms with van der Waals surface area (Å²) in [6.07, 6.45) is 0. The van der Waals surface area contributed by atoms with Crippen molar-refractivity contribution in [3.63, 3.8) is 0 Å². The molecule has 2 nitrogen and oxygen atoms in total. The molecule has 0 bridgehead atoms. The van der Waals surface area contributed by atoms with Crippen LogP contribution in [0.2, 0.25) is 34.5 Å². The number of fused-ring (bicyclic) bond motifs is 2. The molecule has 0 spiro atoms. The molecule has 0 N–H and O–H groups in total. The van der Waals surface area contributed by atoms with Gasteiger partial charge in [0.05, 0.1) is 0 Å². The van der Waals surface area contributed by atoms with E-state index >= 15 is 0 Å². The second kappa shape index (κ2) is 13.0. The zero-order valence-electron chi connectivity index (χ0n) is 28.9. The molecule has 0 aliphatic rings. The van der Waals surface area contributed by atoms with Gasteiger partial charge in [-0.3, -0.25) is 0 Å². The number of para-hydroxylation sites is 2. The summed E-state index contributed by atoms with van der Waals surface area (Å²) in [4.78, 5) is 4.93. The van der Waals surface area contributed by atoms with E-state index in [1.165, 1.54) is 53.1 Å². The molecular formula is C44H44Ge2N2. The Kier molecular flexibility index (Phi) is 8.74. The van der Waals surface area contributed by atoms with E-state index in [-0.39, 0.29) is 0 Å². The maximum absolute atomic E-state index is 2.46. The number of anilines is 6. The summed E-state index contributed by atoms with van der Waals surface area (Å²) < 4.78 is 3.02. The Balaban J connectivity index is 1.55. The fourth-order valence-electron chi connectivity index (χ4n) is 6.75. The first kappa shape index (κ1) is 32.3. The van der Waals surface area contributed by atoms with Crippen molar-refractivity contribution < 1.29 is 0 Å². The van der Waals surface area contributed by atoms with Gasteiger partial charge in [0, 0.05) is 0 Å². The summed E-state index contributed by atoms with van der Waals surface area (Å²) in [5, 5.41) is 4.87. The summed E-state index contributed by atoms with van der Waals surface area (Å²) >= 11 is -3.99. The molecule has 0 aromatic heterocycles. The van der Waals surface area contributed by atoms with Crippen LogP contribution in [0.4, 0.5) is 34.1 Å². The third kappa shape index (κ3) is 6.20. The molecule has 0 amide bonds. The molecule has 0 saturated heterocycles. The van der Waals surface area contributed by atoms with Crippen LogP contribution in [0, 0.1) is 0 Å². The Hall–Kier alpha value is -4.25. The van der Waals surface area contributed by atoms with Gasteiger partial charge in [-0.25, -0.2) is 0 Å². The van der Waals surface area contributed by atoms with Gasteiger partial charge in [0.25, 0.3) is 0 Å². The molecule has 0 fully saturated rings. The van der Waals surface area contributed by atoms with E-state index in [0.717, 1.165) is 11.4 Å². The van der Waals surface area contributed by atoms with Gasteiger partial charge in [0.15, 0.2) is 0 Å². The Morgan fingerprint density at radius 3 is 0.812 bits per heavy atom. The van der Waals surface area contributed by atoms with Crippen LogP contribution in [0.3, 0.4) is 0 Å². The van der Waals surface area contributed by atoms with Crippen LogP contribution in [0.1, 0.15) is 0 Å². The zero-order chi connectivity index (χ0) is 33.5. The van der Waals surface area contributed by atoms with Crippen LogP contribution in [0.5, 0.6) is 0 Å². The Morgan fingerprint density at radius 2 is 0.542 bits per heavy atom. The van der Waals surface area contributed by atoms with Crippen LogP contribution in [0.25, 0.3) is 21.5 Å². The number of benzene rings is 7. The second-order valence-electron chi connectivity index (χ2n) is 14.7. The fourth-order valence-corrected chi connectivity index (χ4v) is 11.6. The molecule has 48 heavy (non-hydrogen) atoms. The van der Waals surface area contributed by atoms with E-state index in [1.807, 2.05) is 0 Å². The van der Waals surface area contributed by atoms with Gasteiger partial charge in [-0.2, -0.15) is 0 Å². The molecular weight excluding hydrogens is 702 g/mol. The maximum atomic E-state index is 2.46. The van der Waals surface area contributed by atoms with E-state index in [0.29, 0.717) is 0 Å². The predicted octanol–water partition coefficient (Wildman–Crippen LogP) is 12.0. The predicted molar refractivity (Wildman–Crippen MR) is 217 cm³/mol. The van der Waals surface area contributed by atoms with Gasteiger partial charge in [-0.1, -0.05) is 0 Å². The van der Waals surface area contributed by atoms with Crippen LogP contribution in [-0.2, 0) is 0 Å². The first-order valence-corrected chi connectivity index (χ1v) is 31.6. The minimum atomic E-state index is -1.99. The monoisotopic (exact) mass is 748 g/mol. The molecule has 0 heterocycles. The van der Waals surface area contributed by atoms with Gasteiger partial charge in [0.2, 0.25) is 0 Å². The third-order valence-electron chi connectivity index (χ3n) is 9.33. The van der Waals surface area contributed by atoms with E-state index in [9.17, 15) is 0 Å². The van der Waals surface area contributed by atoms with Crippen molar-refractivity contribution in [2.24, 2.45) is 0 Å². The third-order valence-corrected chi connectivity index (χ3v) is 18.0. The van der Waals surface area contributed by atoms with Crippen LogP contribution < -0.4 is 18.6 Å². The molecule has 238 valence electrons. The summed E-state index contributed by atoms with van der Waals surface area (Å²) in [5.41, 5.74) is 7.03. The molecule has 0 unspecified atom stereocenters. The Morgan fingerprint density at radius 1 is 0.292 bits per heavy atom. The first-order valence-electron chi connectivity index (χ1n) is 17.0. The molecule has 7 rings (SSSR count). The van der Waals surface area contributed by atoms with Gasteiger partial charge in [-0.05, 0) is 0 Å². The Bertz CT molecular complexity index is 1960. The van der Waals surface area contributed by atoms with Crippen molar-refractivity contribution in [3.05, 3.63) is 158 Å². The average molecular weight is 746 g/mol. The molecule has 7 aromatic carbocycles. The molecule has 0 atom stereocenters. The number of hydrogen-bond acceptors (Lipinski definition) is 2. The van der Waals surface area contributed by atoms with Crippen molar-refractivity contribution in [3.8, 4) is 0 Å². The summed E-state index contributed by atoms with van der Waals surface area (Å²) in [6, 6.07) is 58.4. The molecule has 4 heteroatoms. The fraction of sp³-hybridized carbons (Fsp3) is 0.136. The number of nitrogens with zero attached hydrogens (tertiary/aromatic N) is 2. The van der Waals surface area contributed by atoms with E-state index in [2.05, 4.69) is 202 Å². The number of rotatable bonds is 8. The molecule has 0 aliphatic carbocycles. The van der Waals surface area contributed by atoms with E-state index < -0.39 is 26.5 Å². The topological polar surface area (TPSA) is 6.48 Å². The summed E-state index contributed by atoms with van der Waals surface area (Å²) in [7, 11) is 0. The standard InChI is InChI=1S/C44H44Ge2N2/c1-45(2,3)33-25-29-37(30-26-33)47(35-17-9-7-10-18-35)43-39-21-13-15-23-41(39)44(42-24-16-14-22-40(42)43)48(36-19-11-8-12-20-36)38-31-27-34(28-32-38)46(4,5)6/h7-32H,1-6H3. The van der Waals surface area contributed by atoms with Crippen molar-refractivity contribution in [1.29, 1.82) is 0 Å². The van der Waals surface area contributed by atoms with Crippen molar-refractivity contribution >= 4 is 91.0 Å². The summed E-state index contributed by atoms with van der Waals surface area (Å²) in [6.45, 7) is 0. The van der Waals surface area contributed by atoms with Gasteiger partial charge >= 0.3 is 293 Å². The van der Waals surface area contributed by atoms with Crippen LogP contribution in [0.15, 0.2) is 158 Å². The van der Waals surface area contributed by atoms with E-state index in [4.69, 9.17) is 0 Å². The van der Waals surface area contributed by atoms with Gasteiger partial charge < -0.3 is 0 Å². The van der Waals surface area contributed by atoms with E-state index in [1.54, 1.807) is 0 Å².